The largest absolute Gasteiger partial charge is 0.496 e. The maximum absolute atomic E-state index is 13.0. The molecule has 3 aromatic rings. The van der Waals surface area contributed by atoms with Crippen molar-refractivity contribution >= 4 is 17.5 Å². The van der Waals surface area contributed by atoms with Gasteiger partial charge in [-0.3, -0.25) is 9.59 Å². The molecule has 0 aliphatic carbocycles. The van der Waals surface area contributed by atoms with Gasteiger partial charge < -0.3 is 15.4 Å². The van der Waals surface area contributed by atoms with Crippen LogP contribution in [0.5, 0.6) is 5.75 Å². The van der Waals surface area contributed by atoms with E-state index in [2.05, 4.69) is 10.6 Å². The topological polar surface area (TPSA) is 67.4 Å². The van der Waals surface area contributed by atoms with Gasteiger partial charge in [-0.05, 0) is 42.0 Å². The molecule has 28 heavy (non-hydrogen) atoms. The lowest BCUT2D eigenvalue weighted by Gasteiger charge is -2.13. The molecular weight excluding hydrogens is 359 g/mol. The van der Waals surface area contributed by atoms with Crippen LogP contribution in [-0.2, 0) is 6.54 Å². The van der Waals surface area contributed by atoms with E-state index in [1.807, 2.05) is 0 Å². The molecule has 0 spiro atoms. The van der Waals surface area contributed by atoms with Crippen molar-refractivity contribution in [3.05, 3.63) is 95.3 Å². The second-order valence-electron chi connectivity index (χ2n) is 6.01. The number of hydrogen-bond acceptors (Lipinski definition) is 3. The number of carbonyl (C=O) groups is 2. The summed E-state index contributed by atoms with van der Waals surface area (Å²) < 4.78 is 18.2. The van der Waals surface area contributed by atoms with Crippen LogP contribution >= 0.6 is 0 Å². The predicted molar refractivity (Wildman–Crippen MR) is 105 cm³/mol. The maximum atomic E-state index is 13.0. The molecule has 0 radical (unpaired) electrons. The molecular formula is C22H19FN2O3. The van der Waals surface area contributed by atoms with Crippen molar-refractivity contribution in [3.8, 4) is 5.75 Å². The first-order valence-electron chi connectivity index (χ1n) is 8.64. The van der Waals surface area contributed by atoms with Crippen LogP contribution in [0.25, 0.3) is 0 Å². The van der Waals surface area contributed by atoms with Crippen LogP contribution in [0.1, 0.15) is 26.3 Å². The van der Waals surface area contributed by atoms with E-state index in [0.717, 1.165) is 5.56 Å². The molecule has 0 saturated carbocycles. The van der Waals surface area contributed by atoms with E-state index in [9.17, 15) is 14.0 Å². The van der Waals surface area contributed by atoms with Crippen LogP contribution < -0.4 is 15.4 Å². The standard InChI is InChI=1S/C22H19FN2O3/c1-28-20-9-5-3-7-18(20)22(27)25-19-8-4-2-6-17(19)21(26)24-14-15-10-12-16(23)13-11-15/h2-13H,14H2,1H3,(H,24,26)(H,25,27). The summed E-state index contributed by atoms with van der Waals surface area (Å²) in [5, 5.41) is 5.53. The highest BCUT2D eigenvalue weighted by molar-refractivity contribution is 6.10. The smallest absolute Gasteiger partial charge is 0.259 e. The molecule has 0 aliphatic heterocycles. The number of methoxy groups -OCH3 is 1. The molecule has 0 unspecified atom stereocenters. The summed E-state index contributed by atoms with van der Waals surface area (Å²) in [6, 6.07) is 19.4. The van der Waals surface area contributed by atoms with Gasteiger partial charge in [0.1, 0.15) is 11.6 Å². The molecule has 0 saturated heterocycles. The molecule has 0 bridgehead atoms. The molecule has 5 nitrogen and oxygen atoms in total. The van der Waals surface area contributed by atoms with Crippen LogP contribution in [0.3, 0.4) is 0 Å². The van der Waals surface area contributed by atoms with Gasteiger partial charge in [0, 0.05) is 6.54 Å². The number of nitrogens with one attached hydrogen (secondary N) is 2. The zero-order valence-corrected chi connectivity index (χ0v) is 15.2. The Bertz CT molecular complexity index is 987. The minimum absolute atomic E-state index is 0.244. The third kappa shape index (κ3) is 4.54. The number of amides is 2. The Morgan fingerprint density at radius 2 is 1.50 bits per heavy atom. The average molecular weight is 378 g/mol. The molecule has 0 aliphatic rings. The van der Waals surface area contributed by atoms with E-state index in [0.29, 0.717) is 22.6 Å². The first kappa shape index (κ1) is 19.1. The molecule has 0 aromatic heterocycles. The van der Waals surface area contributed by atoms with Crippen molar-refractivity contribution in [3.63, 3.8) is 0 Å². The zero-order valence-electron chi connectivity index (χ0n) is 15.2. The summed E-state index contributed by atoms with van der Waals surface area (Å²) in [4.78, 5) is 25.2. The number of benzene rings is 3. The molecule has 0 atom stereocenters. The van der Waals surface area contributed by atoms with Crippen molar-refractivity contribution in [1.29, 1.82) is 0 Å². The normalized spacial score (nSPS) is 10.2. The quantitative estimate of drug-likeness (QED) is 0.681. The molecule has 3 aromatic carbocycles. The fourth-order valence-electron chi connectivity index (χ4n) is 2.69. The van der Waals surface area contributed by atoms with Crippen molar-refractivity contribution in [2.45, 2.75) is 6.54 Å². The van der Waals surface area contributed by atoms with Crippen LogP contribution in [0.2, 0.25) is 0 Å². The molecule has 2 N–H and O–H groups in total. The highest BCUT2D eigenvalue weighted by Gasteiger charge is 2.16. The molecule has 142 valence electrons. The summed E-state index contributed by atoms with van der Waals surface area (Å²) in [6.07, 6.45) is 0. The summed E-state index contributed by atoms with van der Waals surface area (Å²) in [5.41, 5.74) is 1.85. The minimum Gasteiger partial charge on any atom is -0.496 e. The van der Waals surface area contributed by atoms with Crippen LogP contribution in [0.15, 0.2) is 72.8 Å². The zero-order chi connectivity index (χ0) is 19.9. The van der Waals surface area contributed by atoms with Crippen LogP contribution in [-0.4, -0.2) is 18.9 Å². The van der Waals surface area contributed by atoms with Gasteiger partial charge in [-0.1, -0.05) is 36.4 Å². The van der Waals surface area contributed by atoms with Crippen LogP contribution in [0.4, 0.5) is 10.1 Å². The average Bonchev–Trinajstić information content (AvgIpc) is 2.73. The summed E-state index contributed by atoms with van der Waals surface area (Å²) >= 11 is 0. The van der Waals surface area contributed by atoms with E-state index in [1.54, 1.807) is 60.7 Å². The summed E-state index contributed by atoms with van der Waals surface area (Å²) in [5.74, 6) is -0.616. The lowest BCUT2D eigenvalue weighted by atomic mass is 10.1. The Balaban J connectivity index is 1.74. The van der Waals surface area contributed by atoms with Gasteiger partial charge in [0.05, 0.1) is 23.9 Å². The van der Waals surface area contributed by atoms with Gasteiger partial charge in [-0.15, -0.1) is 0 Å². The van der Waals surface area contributed by atoms with Gasteiger partial charge >= 0.3 is 0 Å². The van der Waals surface area contributed by atoms with Crippen molar-refractivity contribution in [1.82, 2.24) is 5.32 Å². The maximum Gasteiger partial charge on any atom is 0.259 e. The van der Waals surface area contributed by atoms with E-state index in [4.69, 9.17) is 4.74 Å². The number of ether oxygens (including phenoxy) is 1. The predicted octanol–water partition coefficient (Wildman–Crippen LogP) is 4.02. The molecule has 6 heteroatoms. The Labute approximate surface area is 162 Å². The Hall–Kier alpha value is -3.67. The third-order valence-electron chi connectivity index (χ3n) is 4.14. The van der Waals surface area contributed by atoms with Gasteiger partial charge in [0.15, 0.2) is 0 Å². The van der Waals surface area contributed by atoms with E-state index < -0.39 is 0 Å². The van der Waals surface area contributed by atoms with E-state index >= 15 is 0 Å². The van der Waals surface area contributed by atoms with Crippen molar-refractivity contribution in [2.24, 2.45) is 0 Å². The van der Waals surface area contributed by atoms with Crippen molar-refractivity contribution < 1.29 is 18.7 Å². The fourth-order valence-corrected chi connectivity index (χ4v) is 2.69. The third-order valence-corrected chi connectivity index (χ3v) is 4.14. The lowest BCUT2D eigenvalue weighted by Crippen LogP contribution is -2.25. The number of para-hydroxylation sites is 2. The first-order valence-corrected chi connectivity index (χ1v) is 8.64. The Kier molecular flexibility index (Phi) is 6.01. The van der Waals surface area contributed by atoms with Gasteiger partial charge in [-0.2, -0.15) is 0 Å². The summed E-state index contributed by atoms with van der Waals surface area (Å²) in [7, 11) is 1.49. The highest BCUT2D eigenvalue weighted by atomic mass is 19.1. The Morgan fingerprint density at radius 1 is 0.857 bits per heavy atom. The number of halogens is 1. The number of carbonyl (C=O) groups excluding carboxylic acids is 2. The fraction of sp³-hybridized carbons (Fsp3) is 0.0909. The lowest BCUT2D eigenvalue weighted by molar-refractivity contribution is 0.0952. The molecule has 2 amide bonds. The minimum atomic E-state index is -0.378. The first-order chi connectivity index (χ1) is 13.6. The van der Waals surface area contributed by atoms with Gasteiger partial charge in [-0.25, -0.2) is 4.39 Å². The van der Waals surface area contributed by atoms with Gasteiger partial charge in [0.2, 0.25) is 0 Å². The molecule has 0 fully saturated rings. The van der Waals surface area contributed by atoms with Gasteiger partial charge in [0.25, 0.3) is 11.8 Å². The number of anilines is 1. The van der Waals surface area contributed by atoms with E-state index in [1.165, 1.54) is 19.2 Å². The highest BCUT2D eigenvalue weighted by Crippen LogP contribution is 2.21. The van der Waals surface area contributed by atoms with Crippen molar-refractivity contribution in [2.75, 3.05) is 12.4 Å². The number of rotatable bonds is 6. The molecule has 0 heterocycles. The monoisotopic (exact) mass is 378 g/mol. The van der Waals surface area contributed by atoms with E-state index in [-0.39, 0.29) is 24.2 Å². The van der Waals surface area contributed by atoms with Crippen LogP contribution in [0, 0.1) is 5.82 Å². The second-order valence-corrected chi connectivity index (χ2v) is 6.01. The summed E-state index contributed by atoms with van der Waals surface area (Å²) in [6.45, 7) is 0.244. The second kappa shape index (κ2) is 8.81. The Morgan fingerprint density at radius 3 is 2.21 bits per heavy atom. The molecule has 3 rings (SSSR count). The number of hydrogen-bond donors (Lipinski definition) is 2. The SMILES string of the molecule is COc1ccccc1C(=O)Nc1ccccc1C(=O)NCc1ccc(F)cc1.